The van der Waals surface area contributed by atoms with Crippen LogP contribution in [0.4, 0.5) is 0 Å². The molecule has 158 valence electrons. The summed E-state index contributed by atoms with van der Waals surface area (Å²) < 4.78 is 7.00. The topological polar surface area (TPSA) is 77.1 Å². The monoisotopic (exact) mass is 433 g/mol. The van der Waals surface area contributed by atoms with Gasteiger partial charge in [0.1, 0.15) is 5.76 Å². The molecule has 0 radical (unpaired) electrons. The van der Waals surface area contributed by atoms with Crippen LogP contribution < -0.4 is 10.9 Å². The largest absolute Gasteiger partial charge is 0.467 e. The van der Waals surface area contributed by atoms with Crippen molar-refractivity contribution < 1.29 is 9.21 Å². The van der Waals surface area contributed by atoms with Gasteiger partial charge in [-0.05, 0) is 43.7 Å². The molecule has 1 N–H and O–H groups in total. The van der Waals surface area contributed by atoms with Crippen LogP contribution in [0.5, 0.6) is 0 Å². The predicted molar refractivity (Wildman–Crippen MR) is 122 cm³/mol. The fraction of sp³-hybridized carbons (Fsp3) is 0.208. The molecule has 0 aliphatic heterocycles. The quantitative estimate of drug-likeness (QED) is 0.345. The zero-order chi connectivity index (χ0) is 21.8. The Hall–Kier alpha value is -3.32. The van der Waals surface area contributed by atoms with E-state index in [1.54, 1.807) is 29.0 Å². The second-order valence-corrected chi connectivity index (χ2v) is 8.59. The molecule has 0 bridgehead atoms. The van der Waals surface area contributed by atoms with Crippen LogP contribution in [-0.2, 0) is 11.3 Å². The van der Waals surface area contributed by atoms with Crippen molar-refractivity contribution >= 4 is 28.6 Å². The van der Waals surface area contributed by atoms with Crippen molar-refractivity contribution in [1.29, 1.82) is 0 Å². The number of fused-ring (bicyclic) bond motifs is 1. The highest BCUT2D eigenvalue weighted by Gasteiger charge is 2.21. The van der Waals surface area contributed by atoms with Crippen LogP contribution in [0.2, 0.25) is 0 Å². The van der Waals surface area contributed by atoms with Gasteiger partial charge in [0.05, 0.1) is 35.0 Å². The Balaban J connectivity index is 1.60. The van der Waals surface area contributed by atoms with Crippen LogP contribution in [0.15, 0.2) is 87.4 Å². The number of thioether (sulfide) groups is 1. The van der Waals surface area contributed by atoms with Crippen molar-refractivity contribution in [3.8, 4) is 0 Å². The van der Waals surface area contributed by atoms with Gasteiger partial charge < -0.3 is 9.73 Å². The molecular formula is C24H23N3O3S. The Morgan fingerprint density at radius 3 is 2.55 bits per heavy atom. The SMILES string of the molecule is CC(Sc1nc2ccccc2c(=O)n1Cc1ccco1)C(=O)NC(C)c1ccccc1. The number of furan rings is 1. The molecule has 2 aromatic carbocycles. The molecule has 4 rings (SSSR count). The summed E-state index contributed by atoms with van der Waals surface area (Å²) in [5, 5.41) is 3.61. The van der Waals surface area contributed by atoms with Crippen molar-refractivity contribution in [2.75, 3.05) is 0 Å². The van der Waals surface area contributed by atoms with Crippen molar-refractivity contribution in [1.82, 2.24) is 14.9 Å². The van der Waals surface area contributed by atoms with Gasteiger partial charge >= 0.3 is 0 Å². The number of nitrogens with one attached hydrogen (secondary N) is 1. The molecule has 2 unspecified atom stereocenters. The van der Waals surface area contributed by atoms with E-state index in [9.17, 15) is 9.59 Å². The number of amides is 1. The molecule has 4 aromatic rings. The Morgan fingerprint density at radius 1 is 1.06 bits per heavy atom. The Kier molecular flexibility index (Phi) is 6.23. The minimum atomic E-state index is -0.443. The lowest BCUT2D eigenvalue weighted by atomic mass is 10.1. The zero-order valence-corrected chi connectivity index (χ0v) is 18.1. The third-order valence-electron chi connectivity index (χ3n) is 5.03. The number of carbonyl (C=O) groups excluding carboxylic acids is 1. The van der Waals surface area contributed by atoms with Crippen molar-refractivity contribution in [2.24, 2.45) is 0 Å². The Bertz CT molecular complexity index is 1240. The molecule has 0 aliphatic carbocycles. The first kappa shape index (κ1) is 20.9. The molecule has 6 nitrogen and oxygen atoms in total. The van der Waals surface area contributed by atoms with Crippen LogP contribution in [0.25, 0.3) is 10.9 Å². The van der Waals surface area contributed by atoms with Gasteiger partial charge in [-0.25, -0.2) is 4.98 Å². The fourth-order valence-electron chi connectivity index (χ4n) is 3.30. The highest BCUT2D eigenvalue weighted by molar-refractivity contribution is 8.00. The van der Waals surface area contributed by atoms with Crippen LogP contribution in [0, 0.1) is 0 Å². The standard InChI is InChI=1S/C24H23N3O3S/c1-16(18-9-4-3-5-10-18)25-22(28)17(2)31-24-26-21-13-7-6-12-20(21)23(29)27(24)15-19-11-8-14-30-19/h3-14,16-17H,15H2,1-2H3,(H,25,28). The Morgan fingerprint density at radius 2 is 1.81 bits per heavy atom. The number of para-hydroxylation sites is 1. The first-order valence-electron chi connectivity index (χ1n) is 10.1. The summed E-state index contributed by atoms with van der Waals surface area (Å²) in [6.45, 7) is 4.02. The lowest BCUT2D eigenvalue weighted by molar-refractivity contribution is -0.120. The van der Waals surface area contributed by atoms with Crippen LogP contribution >= 0.6 is 11.8 Å². The van der Waals surface area contributed by atoms with Crippen LogP contribution in [0.1, 0.15) is 31.2 Å². The second-order valence-electron chi connectivity index (χ2n) is 7.28. The molecule has 0 aliphatic rings. The van der Waals surface area contributed by atoms with Gasteiger partial charge in [-0.15, -0.1) is 0 Å². The summed E-state index contributed by atoms with van der Waals surface area (Å²) in [6, 6.07) is 20.5. The highest BCUT2D eigenvalue weighted by atomic mass is 32.2. The minimum absolute atomic E-state index is 0.117. The molecule has 0 saturated carbocycles. The van der Waals surface area contributed by atoms with Gasteiger partial charge in [0.2, 0.25) is 5.91 Å². The van der Waals surface area contributed by atoms with Gasteiger partial charge in [0, 0.05) is 0 Å². The van der Waals surface area contributed by atoms with Crippen LogP contribution in [0.3, 0.4) is 0 Å². The molecule has 2 aromatic heterocycles. The number of aromatic nitrogens is 2. The molecule has 0 fully saturated rings. The first-order valence-corrected chi connectivity index (χ1v) is 10.9. The van der Waals surface area contributed by atoms with E-state index >= 15 is 0 Å². The smallest absolute Gasteiger partial charge is 0.262 e. The number of nitrogens with zero attached hydrogens (tertiary/aromatic N) is 2. The number of benzene rings is 2. The predicted octanol–water partition coefficient (Wildman–Crippen LogP) is 4.40. The van der Waals surface area contributed by atoms with E-state index in [2.05, 4.69) is 10.3 Å². The molecule has 2 atom stereocenters. The second kappa shape index (κ2) is 9.22. The summed E-state index contributed by atoms with van der Waals surface area (Å²) in [4.78, 5) is 30.7. The summed E-state index contributed by atoms with van der Waals surface area (Å²) in [5.74, 6) is 0.532. The first-order chi connectivity index (χ1) is 15.0. The van der Waals surface area contributed by atoms with Gasteiger partial charge in [-0.3, -0.25) is 14.2 Å². The molecule has 0 saturated heterocycles. The maximum absolute atomic E-state index is 13.2. The number of hydrogen-bond donors (Lipinski definition) is 1. The number of hydrogen-bond acceptors (Lipinski definition) is 5. The summed E-state index contributed by atoms with van der Waals surface area (Å²) >= 11 is 1.26. The van der Waals surface area contributed by atoms with Crippen LogP contribution in [-0.4, -0.2) is 20.7 Å². The summed E-state index contributed by atoms with van der Waals surface area (Å²) in [7, 11) is 0. The van der Waals surface area contributed by atoms with Gasteiger partial charge in [0.15, 0.2) is 5.16 Å². The maximum atomic E-state index is 13.2. The van der Waals surface area contributed by atoms with E-state index in [0.717, 1.165) is 5.56 Å². The van der Waals surface area contributed by atoms with Gasteiger partial charge in [-0.1, -0.05) is 54.2 Å². The molecular weight excluding hydrogens is 410 g/mol. The Labute approximate surface area is 184 Å². The molecule has 2 heterocycles. The van der Waals surface area contributed by atoms with E-state index in [1.807, 2.05) is 62.4 Å². The maximum Gasteiger partial charge on any atom is 0.262 e. The average Bonchev–Trinajstić information content (AvgIpc) is 3.30. The molecule has 7 heteroatoms. The summed E-state index contributed by atoms with van der Waals surface area (Å²) in [6.07, 6.45) is 1.57. The lowest BCUT2D eigenvalue weighted by Crippen LogP contribution is -2.34. The summed E-state index contributed by atoms with van der Waals surface area (Å²) in [5.41, 5.74) is 1.48. The third kappa shape index (κ3) is 4.72. The molecule has 1 amide bonds. The van der Waals surface area contributed by atoms with Gasteiger partial charge in [-0.2, -0.15) is 0 Å². The zero-order valence-electron chi connectivity index (χ0n) is 17.3. The van der Waals surface area contributed by atoms with Crippen molar-refractivity contribution in [3.05, 3.63) is 94.7 Å². The highest BCUT2D eigenvalue weighted by Crippen LogP contribution is 2.24. The third-order valence-corrected chi connectivity index (χ3v) is 6.12. The van der Waals surface area contributed by atoms with Crippen molar-refractivity contribution in [2.45, 2.75) is 36.8 Å². The van der Waals surface area contributed by atoms with Crippen molar-refractivity contribution in [3.63, 3.8) is 0 Å². The van der Waals surface area contributed by atoms with E-state index in [-0.39, 0.29) is 24.1 Å². The molecule has 31 heavy (non-hydrogen) atoms. The minimum Gasteiger partial charge on any atom is -0.467 e. The fourth-order valence-corrected chi connectivity index (χ4v) is 4.22. The number of rotatable bonds is 7. The normalized spacial score (nSPS) is 13.1. The molecule has 0 spiro atoms. The van der Waals surface area contributed by atoms with Gasteiger partial charge in [0.25, 0.3) is 5.56 Å². The average molecular weight is 434 g/mol. The van der Waals surface area contributed by atoms with E-state index in [0.29, 0.717) is 21.8 Å². The van der Waals surface area contributed by atoms with E-state index in [4.69, 9.17) is 4.42 Å². The number of carbonyl (C=O) groups is 1. The van der Waals surface area contributed by atoms with E-state index < -0.39 is 5.25 Å². The van der Waals surface area contributed by atoms with E-state index in [1.165, 1.54) is 11.8 Å². The lowest BCUT2D eigenvalue weighted by Gasteiger charge is -2.19.